The number of hydrogen-bond donors (Lipinski definition) is 1. The van der Waals surface area contributed by atoms with Crippen molar-refractivity contribution in [2.45, 2.75) is 6.54 Å². The third-order valence-corrected chi connectivity index (χ3v) is 4.30. The fraction of sp³-hybridized carbons (Fsp3) is 0.167. The van der Waals surface area contributed by atoms with Crippen molar-refractivity contribution >= 4 is 16.5 Å². The summed E-state index contributed by atoms with van der Waals surface area (Å²) in [6.45, 7) is 0.648. The van der Waals surface area contributed by atoms with Crippen molar-refractivity contribution < 1.29 is 9.47 Å². The molecule has 0 saturated carbocycles. The second-order valence-electron chi connectivity index (χ2n) is 4.94. The SMILES string of the molecule is COc1ccc(CNc2nc(-c3ccccc3)cs2)c(OC)c1. The van der Waals surface area contributed by atoms with E-state index in [1.54, 1.807) is 25.6 Å². The fourth-order valence-electron chi connectivity index (χ4n) is 2.27. The lowest BCUT2D eigenvalue weighted by Gasteiger charge is -2.10. The van der Waals surface area contributed by atoms with E-state index in [0.29, 0.717) is 6.54 Å². The zero-order valence-electron chi connectivity index (χ0n) is 13.1. The minimum absolute atomic E-state index is 0.648. The van der Waals surface area contributed by atoms with Crippen LogP contribution in [-0.4, -0.2) is 19.2 Å². The first-order valence-corrected chi connectivity index (χ1v) is 8.14. The van der Waals surface area contributed by atoms with Crippen LogP contribution in [0.5, 0.6) is 11.5 Å². The summed E-state index contributed by atoms with van der Waals surface area (Å²) in [6, 6.07) is 16.0. The van der Waals surface area contributed by atoms with E-state index in [-0.39, 0.29) is 0 Å². The van der Waals surface area contributed by atoms with Crippen molar-refractivity contribution in [3.05, 3.63) is 59.5 Å². The van der Waals surface area contributed by atoms with Gasteiger partial charge in [-0.3, -0.25) is 0 Å². The molecule has 0 radical (unpaired) electrons. The second-order valence-corrected chi connectivity index (χ2v) is 5.79. The minimum Gasteiger partial charge on any atom is -0.497 e. The van der Waals surface area contributed by atoms with Crippen molar-refractivity contribution in [3.63, 3.8) is 0 Å². The lowest BCUT2D eigenvalue weighted by atomic mass is 10.2. The van der Waals surface area contributed by atoms with E-state index in [0.717, 1.165) is 33.5 Å². The highest BCUT2D eigenvalue weighted by molar-refractivity contribution is 7.14. The van der Waals surface area contributed by atoms with Crippen LogP contribution in [0.4, 0.5) is 5.13 Å². The van der Waals surface area contributed by atoms with Gasteiger partial charge in [0.25, 0.3) is 0 Å². The molecule has 0 aliphatic carbocycles. The number of anilines is 1. The monoisotopic (exact) mass is 326 g/mol. The molecule has 1 aromatic heterocycles. The predicted octanol–water partition coefficient (Wildman–Crippen LogP) is 4.44. The van der Waals surface area contributed by atoms with Crippen molar-refractivity contribution in [2.24, 2.45) is 0 Å². The van der Waals surface area contributed by atoms with Gasteiger partial charge in [0.2, 0.25) is 0 Å². The van der Waals surface area contributed by atoms with E-state index in [1.165, 1.54) is 0 Å². The molecule has 0 spiro atoms. The molecule has 0 amide bonds. The number of nitrogens with zero attached hydrogens (tertiary/aromatic N) is 1. The number of aromatic nitrogens is 1. The normalized spacial score (nSPS) is 10.3. The third-order valence-electron chi connectivity index (χ3n) is 3.50. The molecule has 0 saturated heterocycles. The van der Waals surface area contributed by atoms with Crippen LogP contribution in [0, 0.1) is 0 Å². The van der Waals surface area contributed by atoms with Crippen LogP contribution in [0.3, 0.4) is 0 Å². The van der Waals surface area contributed by atoms with E-state index in [4.69, 9.17) is 9.47 Å². The number of nitrogens with one attached hydrogen (secondary N) is 1. The van der Waals surface area contributed by atoms with Crippen LogP contribution in [0.2, 0.25) is 0 Å². The summed E-state index contributed by atoms with van der Waals surface area (Å²) >= 11 is 1.60. The number of ether oxygens (including phenoxy) is 2. The molecule has 0 aliphatic rings. The zero-order valence-corrected chi connectivity index (χ0v) is 13.9. The first kappa shape index (κ1) is 15.4. The standard InChI is InChI=1S/C18H18N2O2S/c1-21-15-9-8-14(17(10-15)22-2)11-19-18-20-16(12-23-18)13-6-4-3-5-7-13/h3-10,12H,11H2,1-2H3,(H,19,20). The Hall–Kier alpha value is -2.53. The lowest BCUT2D eigenvalue weighted by molar-refractivity contribution is 0.391. The van der Waals surface area contributed by atoms with E-state index < -0.39 is 0 Å². The molecule has 4 nitrogen and oxygen atoms in total. The maximum Gasteiger partial charge on any atom is 0.183 e. The van der Waals surface area contributed by atoms with Crippen LogP contribution in [0.15, 0.2) is 53.9 Å². The van der Waals surface area contributed by atoms with Gasteiger partial charge in [-0.1, -0.05) is 30.3 Å². The van der Waals surface area contributed by atoms with Crippen molar-refractivity contribution in [1.82, 2.24) is 4.98 Å². The highest BCUT2D eigenvalue weighted by atomic mass is 32.1. The molecule has 0 bridgehead atoms. The van der Waals surface area contributed by atoms with Gasteiger partial charge in [-0.25, -0.2) is 4.98 Å². The molecule has 0 fully saturated rings. The molecule has 1 heterocycles. The molecule has 3 rings (SSSR count). The Morgan fingerprint density at radius 2 is 1.87 bits per heavy atom. The van der Waals surface area contributed by atoms with Crippen LogP contribution in [-0.2, 0) is 6.54 Å². The first-order valence-electron chi connectivity index (χ1n) is 7.26. The van der Waals surface area contributed by atoms with E-state index in [1.807, 2.05) is 36.4 Å². The van der Waals surface area contributed by atoms with Gasteiger partial charge in [0.05, 0.1) is 19.9 Å². The smallest absolute Gasteiger partial charge is 0.183 e. The fourth-order valence-corrected chi connectivity index (χ4v) is 2.98. The van der Waals surface area contributed by atoms with Crippen LogP contribution in [0.1, 0.15) is 5.56 Å². The van der Waals surface area contributed by atoms with Crippen LogP contribution in [0.25, 0.3) is 11.3 Å². The van der Waals surface area contributed by atoms with Gasteiger partial charge in [0.15, 0.2) is 5.13 Å². The summed E-state index contributed by atoms with van der Waals surface area (Å²) in [4.78, 5) is 4.63. The number of hydrogen-bond acceptors (Lipinski definition) is 5. The predicted molar refractivity (Wildman–Crippen MR) is 94.4 cm³/mol. The van der Waals surface area contributed by atoms with Crippen LogP contribution < -0.4 is 14.8 Å². The van der Waals surface area contributed by atoms with Gasteiger partial charge in [-0.2, -0.15) is 0 Å². The molecule has 0 atom stereocenters. The average molecular weight is 326 g/mol. The summed E-state index contributed by atoms with van der Waals surface area (Å²) in [5, 5.41) is 6.30. The molecular weight excluding hydrogens is 308 g/mol. The third kappa shape index (κ3) is 3.63. The molecule has 23 heavy (non-hydrogen) atoms. The Bertz CT molecular complexity index is 772. The maximum atomic E-state index is 5.41. The van der Waals surface area contributed by atoms with Gasteiger partial charge < -0.3 is 14.8 Å². The molecule has 0 aliphatic heterocycles. The minimum atomic E-state index is 0.648. The maximum absolute atomic E-state index is 5.41. The molecule has 3 aromatic rings. The van der Waals surface area contributed by atoms with E-state index in [9.17, 15) is 0 Å². The Labute approximate surface area is 139 Å². The molecular formula is C18H18N2O2S. The van der Waals surface area contributed by atoms with Gasteiger partial charge in [-0.15, -0.1) is 11.3 Å². The summed E-state index contributed by atoms with van der Waals surface area (Å²) in [5.41, 5.74) is 3.17. The number of methoxy groups -OCH3 is 2. The molecule has 1 N–H and O–H groups in total. The molecule has 0 unspecified atom stereocenters. The second kappa shape index (κ2) is 7.15. The highest BCUT2D eigenvalue weighted by Crippen LogP contribution is 2.28. The summed E-state index contributed by atoms with van der Waals surface area (Å²) < 4.78 is 10.6. The quantitative estimate of drug-likeness (QED) is 0.727. The van der Waals surface area contributed by atoms with Crippen molar-refractivity contribution in [3.8, 4) is 22.8 Å². The number of benzene rings is 2. The Morgan fingerprint density at radius 1 is 1.04 bits per heavy atom. The summed E-state index contributed by atoms with van der Waals surface area (Å²) in [6.07, 6.45) is 0. The van der Waals surface area contributed by atoms with Gasteiger partial charge in [0.1, 0.15) is 11.5 Å². The Balaban J connectivity index is 1.71. The van der Waals surface area contributed by atoms with Gasteiger partial charge in [0, 0.05) is 29.1 Å². The van der Waals surface area contributed by atoms with Gasteiger partial charge in [-0.05, 0) is 12.1 Å². The van der Waals surface area contributed by atoms with Crippen molar-refractivity contribution in [1.29, 1.82) is 0 Å². The molecule has 5 heteroatoms. The van der Waals surface area contributed by atoms with E-state index >= 15 is 0 Å². The Kier molecular flexibility index (Phi) is 4.78. The molecule has 2 aromatic carbocycles. The topological polar surface area (TPSA) is 43.4 Å². The lowest BCUT2D eigenvalue weighted by Crippen LogP contribution is -2.01. The number of thiazole rings is 1. The Morgan fingerprint density at radius 3 is 2.61 bits per heavy atom. The summed E-state index contributed by atoms with van der Waals surface area (Å²) in [7, 11) is 3.31. The van der Waals surface area contributed by atoms with Gasteiger partial charge >= 0.3 is 0 Å². The van der Waals surface area contributed by atoms with E-state index in [2.05, 4.69) is 27.8 Å². The van der Waals surface area contributed by atoms with Crippen molar-refractivity contribution in [2.75, 3.05) is 19.5 Å². The largest absolute Gasteiger partial charge is 0.497 e. The highest BCUT2D eigenvalue weighted by Gasteiger charge is 2.07. The molecule has 118 valence electrons. The zero-order chi connectivity index (χ0) is 16.1. The van der Waals surface area contributed by atoms with Crippen LogP contribution >= 0.6 is 11.3 Å². The summed E-state index contributed by atoms with van der Waals surface area (Å²) in [5.74, 6) is 1.59. The average Bonchev–Trinajstić information content (AvgIpc) is 3.09. The number of rotatable bonds is 6. The first-order chi connectivity index (χ1) is 11.3.